The average molecular weight is 346 g/mol. The lowest BCUT2D eigenvalue weighted by Crippen LogP contribution is -2.07. The van der Waals surface area contributed by atoms with Gasteiger partial charge in [0.15, 0.2) is 0 Å². The number of thiophene rings is 1. The number of rotatable bonds is 5. The molecule has 0 saturated heterocycles. The molecular formula is C16H12ClN3O2S. The van der Waals surface area contributed by atoms with E-state index in [1.165, 1.54) is 6.08 Å². The highest BCUT2D eigenvalue weighted by Gasteiger charge is 2.09. The molecule has 1 amide bonds. The second-order valence-electron chi connectivity index (χ2n) is 4.60. The van der Waals surface area contributed by atoms with E-state index < -0.39 is 0 Å². The minimum atomic E-state index is -0.365. The smallest absolute Gasteiger partial charge is 0.322 e. The van der Waals surface area contributed by atoms with Crippen molar-refractivity contribution in [2.24, 2.45) is 0 Å². The van der Waals surface area contributed by atoms with E-state index in [0.29, 0.717) is 17.3 Å². The van der Waals surface area contributed by atoms with E-state index >= 15 is 0 Å². The summed E-state index contributed by atoms with van der Waals surface area (Å²) in [7, 11) is 0. The Bertz CT molecular complexity index is 827. The minimum Gasteiger partial charge on any atom is -0.407 e. The quantitative estimate of drug-likeness (QED) is 0.709. The molecule has 1 aromatic carbocycles. The van der Waals surface area contributed by atoms with Crippen LogP contribution in [0, 0.1) is 0 Å². The summed E-state index contributed by atoms with van der Waals surface area (Å²) in [5, 5.41) is 12.8. The van der Waals surface area contributed by atoms with Crippen molar-refractivity contribution in [1.29, 1.82) is 0 Å². The Hall–Kier alpha value is -2.44. The Balaban J connectivity index is 1.60. The number of aromatic nitrogens is 2. The predicted octanol–water partition coefficient (Wildman–Crippen LogP) is 4.03. The molecule has 0 fully saturated rings. The molecule has 3 rings (SSSR count). The molecule has 0 bridgehead atoms. The second kappa shape index (κ2) is 7.21. The van der Waals surface area contributed by atoms with Gasteiger partial charge in [-0.3, -0.25) is 10.1 Å². The van der Waals surface area contributed by atoms with Gasteiger partial charge in [-0.15, -0.1) is 16.4 Å². The number of halogens is 1. The lowest BCUT2D eigenvalue weighted by atomic mass is 10.2. The average Bonchev–Trinajstić information content (AvgIpc) is 3.19. The van der Waals surface area contributed by atoms with Gasteiger partial charge in [0.2, 0.25) is 5.89 Å². The summed E-state index contributed by atoms with van der Waals surface area (Å²) in [5.41, 5.74) is 0.758. The van der Waals surface area contributed by atoms with Crippen LogP contribution in [0.1, 0.15) is 16.3 Å². The number of carbonyl (C=O) groups excluding carboxylic acids is 1. The first-order valence-electron chi connectivity index (χ1n) is 6.79. The Morgan fingerprint density at radius 3 is 2.91 bits per heavy atom. The molecular weight excluding hydrogens is 334 g/mol. The fraction of sp³-hybridized carbons (Fsp3) is 0.0625. The van der Waals surface area contributed by atoms with E-state index in [2.05, 4.69) is 15.5 Å². The first-order valence-corrected chi connectivity index (χ1v) is 8.05. The van der Waals surface area contributed by atoms with E-state index in [-0.39, 0.29) is 11.9 Å². The molecule has 0 aliphatic rings. The molecule has 0 unspecified atom stereocenters. The molecule has 1 N–H and O–H groups in total. The van der Waals surface area contributed by atoms with E-state index in [4.69, 9.17) is 16.0 Å². The number of benzene rings is 1. The molecule has 0 atom stereocenters. The number of nitrogens with zero attached hydrogens (tertiary/aromatic N) is 2. The molecule has 23 heavy (non-hydrogen) atoms. The van der Waals surface area contributed by atoms with Gasteiger partial charge in [-0.25, -0.2) is 0 Å². The molecule has 0 saturated carbocycles. The molecule has 116 valence electrons. The first kappa shape index (κ1) is 15.5. The molecule has 0 aliphatic carbocycles. The summed E-state index contributed by atoms with van der Waals surface area (Å²) in [6.07, 6.45) is 3.54. The normalized spacial score (nSPS) is 11.0. The van der Waals surface area contributed by atoms with Crippen molar-refractivity contribution >= 4 is 40.9 Å². The third kappa shape index (κ3) is 4.28. The van der Waals surface area contributed by atoms with Crippen molar-refractivity contribution in [3.8, 4) is 0 Å². The van der Waals surface area contributed by atoms with Crippen LogP contribution in [0.2, 0.25) is 5.02 Å². The Kier molecular flexibility index (Phi) is 4.85. The number of amides is 1. The monoisotopic (exact) mass is 345 g/mol. The number of anilines is 1. The molecule has 5 nitrogen and oxygen atoms in total. The van der Waals surface area contributed by atoms with Crippen LogP contribution in [0.3, 0.4) is 0 Å². The summed E-state index contributed by atoms with van der Waals surface area (Å²) in [6.45, 7) is 0. The Morgan fingerprint density at radius 1 is 1.26 bits per heavy atom. The lowest BCUT2D eigenvalue weighted by molar-refractivity contribution is -0.112. The third-order valence-electron chi connectivity index (χ3n) is 2.92. The highest BCUT2D eigenvalue weighted by Crippen LogP contribution is 2.17. The van der Waals surface area contributed by atoms with Crippen LogP contribution in [0.25, 0.3) is 6.08 Å². The van der Waals surface area contributed by atoms with Crippen molar-refractivity contribution in [2.45, 2.75) is 6.42 Å². The van der Waals surface area contributed by atoms with Gasteiger partial charge in [-0.1, -0.05) is 41.0 Å². The maximum absolute atomic E-state index is 11.9. The van der Waals surface area contributed by atoms with Crippen molar-refractivity contribution < 1.29 is 9.21 Å². The van der Waals surface area contributed by atoms with Gasteiger partial charge >= 0.3 is 6.01 Å². The van der Waals surface area contributed by atoms with Crippen molar-refractivity contribution in [3.63, 3.8) is 0 Å². The maximum atomic E-state index is 11.9. The van der Waals surface area contributed by atoms with Gasteiger partial charge in [0.05, 0.1) is 6.42 Å². The van der Waals surface area contributed by atoms with E-state index in [9.17, 15) is 4.79 Å². The van der Waals surface area contributed by atoms with Crippen LogP contribution < -0.4 is 5.32 Å². The highest BCUT2D eigenvalue weighted by atomic mass is 35.5. The summed E-state index contributed by atoms with van der Waals surface area (Å²) in [6, 6.07) is 11.3. The van der Waals surface area contributed by atoms with Gasteiger partial charge in [-0.05, 0) is 29.2 Å². The molecule has 0 aliphatic heterocycles. The van der Waals surface area contributed by atoms with Gasteiger partial charge < -0.3 is 4.42 Å². The number of hydrogen-bond donors (Lipinski definition) is 1. The Morgan fingerprint density at radius 2 is 2.13 bits per heavy atom. The third-order valence-corrected chi connectivity index (χ3v) is 4.14. The maximum Gasteiger partial charge on any atom is 0.322 e. The van der Waals surface area contributed by atoms with Crippen molar-refractivity contribution in [3.05, 3.63) is 69.2 Å². The number of nitrogens with one attached hydrogen (secondary N) is 1. The fourth-order valence-electron chi connectivity index (χ4n) is 1.86. The molecule has 2 heterocycles. The van der Waals surface area contributed by atoms with Crippen LogP contribution in [0.4, 0.5) is 6.01 Å². The zero-order valence-corrected chi connectivity index (χ0v) is 13.5. The minimum absolute atomic E-state index is 0.0744. The highest BCUT2D eigenvalue weighted by molar-refractivity contribution is 7.09. The fourth-order valence-corrected chi connectivity index (χ4v) is 2.76. The van der Waals surface area contributed by atoms with Crippen LogP contribution in [-0.4, -0.2) is 16.1 Å². The van der Waals surface area contributed by atoms with E-state index in [0.717, 1.165) is 10.4 Å². The van der Waals surface area contributed by atoms with Crippen molar-refractivity contribution in [1.82, 2.24) is 10.2 Å². The predicted molar refractivity (Wildman–Crippen MR) is 90.5 cm³/mol. The molecule has 0 spiro atoms. The largest absolute Gasteiger partial charge is 0.407 e. The zero-order valence-electron chi connectivity index (χ0n) is 11.9. The molecule has 7 heteroatoms. The summed E-state index contributed by atoms with van der Waals surface area (Å²) >= 11 is 7.63. The molecule has 3 aromatic rings. The van der Waals surface area contributed by atoms with Gasteiger partial charge in [0, 0.05) is 16.0 Å². The Labute approximate surface area is 141 Å². The number of hydrogen-bond acceptors (Lipinski definition) is 5. The molecule has 0 radical (unpaired) electrons. The summed E-state index contributed by atoms with van der Waals surface area (Å²) < 4.78 is 5.40. The number of carbonyl (C=O) groups is 1. The van der Waals surface area contributed by atoms with Crippen LogP contribution in [0.15, 0.2) is 52.3 Å². The van der Waals surface area contributed by atoms with Gasteiger partial charge in [0.1, 0.15) is 0 Å². The first-order chi connectivity index (χ1) is 11.2. The lowest BCUT2D eigenvalue weighted by Gasteiger charge is -1.97. The van der Waals surface area contributed by atoms with E-state index in [1.54, 1.807) is 23.5 Å². The summed E-state index contributed by atoms with van der Waals surface area (Å²) in [4.78, 5) is 13.0. The van der Waals surface area contributed by atoms with Gasteiger partial charge in [0.25, 0.3) is 5.91 Å². The van der Waals surface area contributed by atoms with Crippen LogP contribution in [-0.2, 0) is 11.2 Å². The van der Waals surface area contributed by atoms with Crippen LogP contribution >= 0.6 is 22.9 Å². The second-order valence-corrected chi connectivity index (χ2v) is 6.04. The van der Waals surface area contributed by atoms with E-state index in [1.807, 2.05) is 35.7 Å². The topological polar surface area (TPSA) is 68.0 Å². The standard InChI is InChI=1S/C16H12ClN3O2S/c17-13-6-2-1-4-11(13)7-8-14(21)18-16-20-19-15(22-16)10-12-5-3-9-23-12/h1-9H,10H2,(H,18,20,21)/b8-7+. The van der Waals surface area contributed by atoms with Crippen molar-refractivity contribution in [2.75, 3.05) is 5.32 Å². The summed E-state index contributed by atoms with van der Waals surface area (Å²) in [5.74, 6) is 0.0917. The van der Waals surface area contributed by atoms with Crippen LogP contribution in [0.5, 0.6) is 0 Å². The zero-order chi connectivity index (χ0) is 16.1. The SMILES string of the molecule is O=C(/C=C/c1ccccc1Cl)Nc1nnc(Cc2cccs2)o1. The van der Waals surface area contributed by atoms with Gasteiger partial charge in [-0.2, -0.15) is 0 Å². The molecule has 2 aromatic heterocycles.